The number of hydrogen-bond acceptors (Lipinski definition) is 8. The van der Waals surface area contributed by atoms with E-state index in [4.69, 9.17) is 5.11 Å². The van der Waals surface area contributed by atoms with Crippen molar-refractivity contribution in [2.75, 3.05) is 19.6 Å². The van der Waals surface area contributed by atoms with Crippen molar-refractivity contribution in [2.24, 2.45) is 0 Å². The van der Waals surface area contributed by atoms with Crippen molar-refractivity contribution in [2.45, 2.75) is 24.6 Å². The molecule has 3 aliphatic rings. The monoisotopic (exact) mass is 460 g/mol. The number of aliphatic hydroxyl groups is 1. The zero-order valence-electron chi connectivity index (χ0n) is 17.2. The van der Waals surface area contributed by atoms with Crippen LogP contribution in [0.3, 0.4) is 0 Å². The van der Waals surface area contributed by atoms with E-state index in [1.165, 1.54) is 6.08 Å². The number of hydrogen-bond donors (Lipinski definition) is 3. The number of nitrogens with zero attached hydrogens (tertiary/aromatic N) is 3. The van der Waals surface area contributed by atoms with E-state index >= 15 is 0 Å². The Morgan fingerprint density at radius 2 is 1.27 bits per heavy atom. The molecular weight excluding hydrogens is 440 g/mol. The Morgan fingerprint density at radius 1 is 0.788 bits per heavy atom. The van der Waals surface area contributed by atoms with Gasteiger partial charge in [-0.3, -0.25) is 43.4 Å². The molecule has 0 bridgehead atoms. The third-order valence-corrected chi connectivity index (χ3v) is 5.18. The summed E-state index contributed by atoms with van der Waals surface area (Å²) in [5.74, 6) is -5.65. The Balaban J connectivity index is 1.98. The van der Waals surface area contributed by atoms with Crippen molar-refractivity contribution in [3.05, 3.63) is 36.5 Å². The van der Waals surface area contributed by atoms with E-state index in [1.807, 2.05) is 0 Å². The molecule has 13 nitrogen and oxygen atoms in total. The number of carbonyl (C=O) groups is 7. The first-order chi connectivity index (χ1) is 15.5. The van der Waals surface area contributed by atoms with Crippen LogP contribution in [0, 0.1) is 0 Å². The summed E-state index contributed by atoms with van der Waals surface area (Å²) >= 11 is 0. The van der Waals surface area contributed by atoms with Crippen LogP contribution in [0.2, 0.25) is 0 Å². The molecule has 3 rings (SSSR count). The second-order valence-electron chi connectivity index (χ2n) is 7.65. The first-order valence-corrected chi connectivity index (χ1v) is 9.78. The highest BCUT2D eigenvalue weighted by molar-refractivity contribution is 6.14. The van der Waals surface area contributed by atoms with Crippen LogP contribution in [0.4, 0.5) is 0 Å². The molecule has 6 amide bonds. The summed E-state index contributed by atoms with van der Waals surface area (Å²) in [6.07, 6.45) is 3.76. The second kappa shape index (κ2) is 9.16. The van der Waals surface area contributed by atoms with Crippen molar-refractivity contribution in [3.8, 4) is 0 Å². The third kappa shape index (κ3) is 5.20. The van der Waals surface area contributed by atoms with E-state index in [0.717, 1.165) is 45.1 Å². The lowest BCUT2D eigenvalue weighted by atomic mass is 9.95. The predicted octanol–water partition coefficient (Wildman–Crippen LogP) is -2.73. The molecule has 0 radical (unpaired) electrons. The molecule has 0 saturated carbocycles. The summed E-state index contributed by atoms with van der Waals surface area (Å²) in [6, 6.07) is 0. The number of nitrogens with one attached hydrogen (secondary N) is 1. The molecule has 3 heterocycles. The standard InChI is InChI=1S/C20H20N4O9/c25-12(1-8-19(32)33)21-20(9-22-13(26)2-3-14(22)27,10-23-15(28)4-5-16(23)29)11-24-17(30)6-7-18(24)31/h2-7,13,26H,1,8-11H2,(H,21,25)(H,32,33). The minimum absolute atomic E-state index is 0.494. The highest BCUT2D eigenvalue weighted by Gasteiger charge is 2.45. The maximum atomic E-state index is 12.6. The number of carboxylic acid groups (broad SMARTS) is 1. The fourth-order valence-corrected chi connectivity index (χ4v) is 3.62. The van der Waals surface area contributed by atoms with Gasteiger partial charge in [0, 0.05) is 36.8 Å². The molecule has 0 saturated heterocycles. The molecular formula is C20H20N4O9. The first-order valence-electron chi connectivity index (χ1n) is 9.78. The van der Waals surface area contributed by atoms with Gasteiger partial charge in [0.1, 0.15) is 6.23 Å². The van der Waals surface area contributed by atoms with Crippen molar-refractivity contribution in [1.29, 1.82) is 0 Å². The Hall–Kier alpha value is -4.13. The summed E-state index contributed by atoms with van der Waals surface area (Å²) in [5, 5.41) is 21.6. The quantitative estimate of drug-likeness (QED) is 0.292. The molecule has 33 heavy (non-hydrogen) atoms. The molecule has 1 unspecified atom stereocenters. The van der Waals surface area contributed by atoms with Gasteiger partial charge in [0.25, 0.3) is 23.6 Å². The Bertz CT molecular complexity index is 949. The van der Waals surface area contributed by atoms with Gasteiger partial charge in [-0.2, -0.15) is 0 Å². The average molecular weight is 460 g/mol. The lowest BCUT2D eigenvalue weighted by Gasteiger charge is -2.42. The summed E-state index contributed by atoms with van der Waals surface area (Å²) < 4.78 is 0. The third-order valence-electron chi connectivity index (χ3n) is 5.18. The zero-order valence-corrected chi connectivity index (χ0v) is 17.2. The van der Waals surface area contributed by atoms with E-state index in [-0.39, 0.29) is 0 Å². The highest BCUT2D eigenvalue weighted by Crippen LogP contribution is 2.22. The molecule has 0 aromatic rings. The van der Waals surface area contributed by atoms with Crippen LogP contribution in [0.5, 0.6) is 0 Å². The molecule has 174 valence electrons. The number of carbonyl (C=O) groups excluding carboxylic acids is 6. The normalized spacial score (nSPS) is 20.1. The van der Waals surface area contributed by atoms with Gasteiger partial charge in [0.2, 0.25) is 11.8 Å². The minimum atomic E-state index is -1.81. The van der Waals surface area contributed by atoms with E-state index in [2.05, 4.69) is 5.32 Å². The lowest BCUT2D eigenvalue weighted by molar-refractivity contribution is -0.143. The highest BCUT2D eigenvalue weighted by atomic mass is 16.4. The van der Waals surface area contributed by atoms with E-state index in [1.54, 1.807) is 0 Å². The number of rotatable bonds is 10. The fraction of sp³-hybridized carbons (Fsp3) is 0.350. The van der Waals surface area contributed by atoms with Gasteiger partial charge in [-0.05, 0) is 6.08 Å². The van der Waals surface area contributed by atoms with E-state index < -0.39 is 85.7 Å². The maximum absolute atomic E-state index is 12.6. The maximum Gasteiger partial charge on any atom is 0.303 e. The van der Waals surface area contributed by atoms with Crippen LogP contribution >= 0.6 is 0 Å². The second-order valence-corrected chi connectivity index (χ2v) is 7.65. The molecule has 0 spiro atoms. The van der Waals surface area contributed by atoms with Gasteiger partial charge >= 0.3 is 5.97 Å². The van der Waals surface area contributed by atoms with Gasteiger partial charge in [0.15, 0.2) is 0 Å². The Kier molecular flexibility index (Phi) is 6.53. The smallest absolute Gasteiger partial charge is 0.303 e. The average Bonchev–Trinajstić information content (AvgIpc) is 3.35. The zero-order chi connectivity index (χ0) is 24.3. The SMILES string of the molecule is O=C(O)CCC(=O)NC(CN1C(=O)C=CC1=O)(CN1C(=O)C=CC1=O)CN1C(=O)C=CC1O. The van der Waals surface area contributed by atoms with E-state index in [9.17, 15) is 38.7 Å². The van der Waals surface area contributed by atoms with Crippen LogP contribution in [-0.4, -0.2) is 97.7 Å². The van der Waals surface area contributed by atoms with Gasteiger partial charge < -0.3 is 20.4 Å². The summed E-state index contributed by atoms with van der Waals surface area (Å²) in [6.45, 7) is -1.64. The number of amides is 6. The van der Waals surface area contributed by atoms with Crippen LogP contribution in [0.25, 0.3) is 0 Å². The molecule has 0 fully saturated rings. The topological polar surface area (TPSA) is 182 Å². The van der Waals surface area contributed by atoms with Gasteiger partial charge in [0.05, 0.1) is 31.6 Å². The molecule has 3 N–H and O–H groups in total. The van der Waals surface area contributed by atoms with Crippen molar-refractivity contribution in [3.63, 3.8) is 0 Å². The molecule has 3 aliphatic heterocycles. The Labute approximate surface area is 186 Å². The van der Waals surface area contributed by atoms with Crippen LogP contribution in [0.1, 0.15) is 12.8 Å². The number of aliphatic hydroxyl groups excluding tert-OH is 1. The molecule has 0 aliphatic carbocycles. The summed E-state index contributed by atoms with van der Waals surface area (Å²) in [7, 11) is 0. The largest absolute Gasteiger partial charge is 0.481 e. The van der Waals surface area contributed by atoms with Gasteiger partial charge in [-0.15, -0.1) is 0 Å². The van der Waals surface area contributed by atoms with Crippen molar-refractivity contribution >= 4 is 41.4 Å². The minimum Gasteiger partial charge on any atom is -0.481 e. The summed E-state index contributed by atoms with van der Waals surface area (Å²) in [4.78, 5) is 87.0. The van der Waals surface area contributed by atoms with Crippen molar-refractivity contribution in [1.82, 2.24) is 20.0 Å². The number of carboxylic acids is 1. The fourth-order valence-electron chi connectivity index (χ4n) is 3.62. The molecule has 1 atom stereocenters. The lowest BCUT2D eigenvalue weighted by Crippen LogP contribution is -2.68. The van der Waals surface area contributed by atoms with Gasteiger partial charge in [-0.1, -0.05) is 0 Å². The van der Waals surface area contributed by atoms with E-state index in [0.29, 0.717) is 0 Å². The predicted molar refractivity (Wildman–Crippen MR) is 106 cm³/mol. The van der Waals surface area contributed by atoms with Crippen LogP contribution in [-0.2, 0) is 33.6 Å². The first kappa shape index (κ1) is 23.5. The number of imide groups is 2. The molecule has 0 aromatic heterocycles. The number of aliphatic carboxylic acids is 1. The molecule has 13 heteroatoms. The summed E-state index contributed by atoms with van der Waals surface area (Å²) in [5.41, 5.74) is -1.81. The van der Waals surface area contributed by atoms with Gasteiger partial charge in [-0.25, -0.2) is 0 Å². The van der Waals surface area contributed by atoms with Crippen molar-refractivity contribution < 1.29 is 43.8 Å². The molecule has 0 aromatic carbocycles. The van der Waals surface area contributed by atoms with Crippen LogP contribution < -0.4 is 5.32 Å². The Morgan fingerprint density at radius 3 is 1.67 bits per heavy atom. The van der Waals surface area contributed by atoms with Crippen LogP contribution in [0.15, 0.2) is 36.5 Å².